The van der Waals surface area contributed by atoms with E-state index in [-0.39, 0.29) is 23.6 Å². The lowest BCUT2D eigenvalue weighted by molar-refractivity contribution is 0.0582. The molecule has 1 saturated heterocycles. The molecule has 0 spiro atoms. The average molecular weight is 434 g/mol. The van der Waals surface area contributed by atoms with Crippen molar-refractivity contribution in [1.29, 1.82) is 0 Å². The van der Waals surface area contributed by atoms with Gasteiger partial charge in [-0.2, -0.15) is 0 Å². The molecule has 1 atom stereocenters. The molecule has 7 heteroatoms. The van der Waals surface area contributed by atoms with Gasteiger partial charge < -0.3 is 19.4 Å². The summed E-state index contributed by atoms with van der Waals surface area (Å²) in [6.07, 6.45) is 1.45. The van der Waals surface area contributed by atoms with Crippen molar-refractivity contribution < 1.29 is 18.7 Å². The van der Waals surface area contributed by atoms with E-state index in [4.69, 9.17) is 9.15 Å². The van der Waals surface area contributed by atoms with Crippen LogP contribution in [0.1, 0.15) is 39.4 Å². The Morgan fingerprint density at radius 1 is 1.00 bits per heavy atom. The molecule has 0 bridgehead atoms. The van der Waals surface area contributed by atoms with Crippen molar-refractivity contribution in [3.63, 3.8) is 0 Å². The number of piperazine rings is 1. The van der Waals surface area contributed by atoms with Gasteiger partial charge in [-0.15, -0.1) is 0 Å². The molecule has 166 valence electrons. The van der Waals surface area contributed by atoms with Crippen LogP contribution in [0.25, 0.3) is 0 Å². The maximum absolute atomic E-state index is 12.9. The molecule has 1 aromatic heterocycles. The van der Waals surface area contributed by atoms with E-state index in [2.05, 4.69) is 29.3 Å². The van der Waals surface area contributed by atoms with Crippen LogP contribution in [0.5, 0.6) is 5.75 Å². The molecule has 2 amide bonds. The summed E-state index contributed by atoms with van der Waals surface area (Å²) in [7, 11) is 1.67. The number of rotatable bonds is 6. The van der Waals surface area contributed by atoms with Crippen LogP contribution in [0.2, 0.25) is 0 Å². The van der Waals surface area contributed by atoms with E-state index < -0.39 is 0 Å². The zero-order valence-electron chi connectivity index (χ0n) is 18.3. The Morgan fingerprint density at radius 2 is 1.75 bits per heavy atom. The lowest BCUT2D eigenvalue weighted by Crippen LogP contribution is -2.49. The first-order valence-electron chi connectivity index (χ1n) is 10.7. The minimum absolute atomic E-state index is 0.00240. The summed E-state index contributed by atoms with van der Waals surface area (Å²) in [5.74, 6) is 0.774. The van der Waals surface area contributed by atoms with Gasteiger partial charge in [0, 0.05) is 43.5 Å². The summed E-state index contributed by atoms with van der Waals surface area (Å²) in [5, 5.41) is 2.76. The van der Waals surface area contributed by atoms with Crippen molar-refractivity contribution in [3.8, 4) is 5.75 Å². The molecule has 2 heterocycles. The Bertz CT molecular complexity index is 1060. The monoisotopic (exact) mass is 433 g/mol. The number of nitrogens with zero attached hydrogens (tertiary/aromatic N) is 2. The summed E-state index contributed by atoms with van der Waals surface area (Å²) in [5.41, 5.74) is 2.42. The minimum Gasteiger partial charge on any atom is -0.497 e. The highest BCUT2D eigenvalue weighted by Gasteiger charge is 2.25. The Balaban J connectivity index is 1.32. The molecule has 1 unspecified atom stereocenters. The third-order valence-corrected chi connectivity index (χ3v) is 5.86. The number of benzene rings is 2. The molecule has 7 nitrogen and oxygen atoms in total. The summed E-state index contributed by atoms with van der Waals surface area (Å²) >= 11 is 0. The van der Waals surface area contributed by atoms with Gasteiger partial charge in [0.1, 0.15) is 5.75 Å². The second kappa shape index (κ2) is 9.70. The molecule has 4 rings (SSSR count). The van der Waals surface area contributed by atoms with Crippen LogP contribution < -0.4 is 10.1 Å². The van der Waals surface area contributed by atoms with E-state index in [1.54, 1.807) is 43.5 Å². The van der Waals surface area contributed by atoms with E-state index in [1.807, 2.05) is 17.0 Å². The van der Waals surface area contributed by atoms with Crippen molar-refractivity contribution in [3.05, 3.63) is 83.8 Å². The summed E-state index contributed by atoms with van der Waals surface area (Å²) in [6.45, 7) is 5.14. The number of carbonyl (C=O) groups is 2. The first-order valence-corrected chi connectivity index (χ1v) is 10.7. The number of ether oxygens (including phenoxy) is 1. The molecule has 1 aliphatic rings. The molecule has 0 saturated carbocycles. The van der Waals surface area contributed by atoms with Crippen LogP contribution in [0.15, 0.2) is 71.3 Å². The topological polar surface area (TPSA) is 75.0 Å². The minimum atomic E-state index is -0.324. The van der Waals surface area contributed by atoms with Crippen LogP contribution in [-0.2, 0) is 0 Å². The summed E-state index contributed by atoms with van der Waals surface area (Å²) in [4.78, 5) is 29.3. The first kappa shape index (κ1) is 21.6. The SMILES string of the molecule is COc1cccc(C(C)N2CCN(C(=O)c3ccc(NC(=O)c4ccco4)cc3)CC2)c1. The highest BCUT2D eigenvalue weighted by atomic mass is 16.5. The highest BCUT2D eigenvalue weighted by molar-refractivity contribution is 6.02. The largest absolute Gasteiger partial charge is 0.497 e. The third-order valence-electron chi connectivity index (χ3n) is 5.86. The lowest BCUT2D eigenvalue weighted by atomic mass is 10.1. The fourth-order valence-corrected chi connectivity index (χ4v) is 3.90. The van der Waals surface area contributed by atoms with Crippen molar-refractivity contribution in [2.24, 2.45) is 0 Å². The molecule has 1 N–H and O–H groups in total. The summed E-state index contributed by atoms with van der Waals surface area (Å²) < 4.78 is 10.4. The zero-order chi connectivity index (χ0) is 22.5. The number of methoxy groups -OCH3 is 1. The van der Waals surface area contributed by atoms with Crippen molar-refractivity contribution in [2.45, 2.75) is 13.0 Å². The molecule has 0 radical (unpaired) electrons. The van der Waals surface area contributed by atoms with Crippen LogP contribution >= 0.6 is 0 Å². The standard InChI is InChI=1S/C25H27N3O4/c1-18(20-5-3-6-22(17-20)31-2)27-12-14-28(15-13-27)25(30)19-8-10-21(11-9-19)26-24(29)23-7-4-16-32-23/h3-11,16-18H,12-15H2,1-2H3,(H,26,29). The molecule has 3 aromatic rings. The molecule has 32 heavy (non-hydrogen) atoms. The quantitative estimate of drug-likeness (QED) is 0.635. The number of anilines is 1. The number of nitrogens with one attached hydrogen (secondary N) is 1. The molecular weight excluding hydrogens is 406 g/mol. The van der Waals surface area contributed by atoms with Crippen molar-refractivity contribution in [2.75, 3.05) is 38.6 Å². The van der Waals surface area contributed by atoms with Crippen molar-refractivity contribution in [1.82, 2.24) is 9.80 Å². The van der Waals surface area contributed by atoms with Gasteiger partial charge in [-0.25, -0.2) is 0 Å². The van der Waals surface area contributed by atoms with E-state index in [1.165, 1.54) is 11.8 Å². The predicted molar refractivity (Wildman–Crippen MR) is 122 cm³/mol. The van der Waals surface area contributed by atoms with Gasteiger partial charge in [0.15, 0.2) is 5.76 Å². The fourth-order valence-electron chi connectivity index (χ4n) is 3.90. The van der Waals surface area contributed by atoms with E-state index >= 15 is 0 Å². The maximum atomic E-state index is 12.9. The second-order valence-corrected chi connectivity index (χ2v) is 7.79. The van der Waals surface area contributed by atoms with Gasteiger partial charge in [0.2, 0.25) is 0 Å². The first-order chi connectivity index (χ1) is 15.5. The van der Waals surface area contributed by atoms with Crippen LogP contribution in [-0.4, -0.2) is 54.9 Å². The van der Waals surface area contributed by atoms with Gasteiger partial charge in [0.05, 0.1) is 13.4 Å². The van der Waals surface area contributed by atoms with Crippen LogP contribution in [0.3, 0.4) is 0 Å². The van der Waals surface area contributed by atoms with Crippen molar-refractivity contribution >= 4 is 17.5 Å². The van der Waals surface area contributed by atoms with Gasteiger partial charge >= 0.3 is 0 Å². The van der Waals surface area contributed by atoms with Crippen LogP contribution in [0.4, 0.5) is 5.69 Å². The number of amides is 2. The normalized spacial score (nSPS) is 15.2. The average Bonchev–Trinajstić information content (AvgIpc) is 3.39. The van der Waals surface area contributed by atoms with Gasteiger partial charge in [-0.1, -0.05) is 12.1 Å². The van der Waals surface area contributed by atoms with Gasteiger partial charge in [-0.05, 0) is 61.0 Å². The van der Waals surface area contributed by atoms with Gasteiger partial charge in [-0.3, -0.25) is 14.5 Å². The zero-order valence-corrected chi connectivity index (χ0v) is 18.3. The fraction of sp³-hybridized carbons (Fsp3) is 0.280. The van der Waals surface area contributed by atoms with Crippen LogP contribution in [0, 0.1) is 0 Å². The predicted octanol–water partition coefficient (Wildman–Crippen LogP) is 4.06. The Hall–Kier alpha value is -3.58. The number of furan rings is 1. The van der Waals surface area contributed by atoms with E-state index in [9.17, 15) is 9.59 Å². The van der Waals surface area contributed by atoms with Gasteiger partial charge in [0.25, 0.3) is 11.8 Å². The van der Waals surface area contributed by atoms with E-state index in [0.717, 1.165) is 18.8 Å². The second-order valence-electron chi connectivity index (χ2n) is 7.79. The number of hydrogen-bond donors (Lipinski definition) is 1. The number of carbonyl (C=O) groups excluding carboxylic acids is 2. The Labute approximate surface area is 187 Å². The molecular formula is C25H27N3O4. The Morgan fingerprint density at radius 3 is 2.41 bits per heavy atom. The molecule has 1 fully saturated rings. The summed E-state index contributed by atoms with van der Waals surface area (Å²) in [6, 6.07) is 18.6. The third kappa shape index (κ3) is 4.84. The Kier molecular flexibility index (Phi) is 6.56. The molecule has 0 aliphatic carbocycles. The number of hydrogen-bond acceptors (Lipinski definition) is 5. The highest BCUT2D eigenvalue weighted by Crippen LogP contribution is 2.25. The smallest absolute Gasteiger partial charge is 0.291 e. The molecule has 1 aliphatic heterocycles. The lowest BCUT2D eigenvalue weighted by Gasteiger charge is -2.38. The molecule has 2 aromatic carbocycles. The van der Waals surface area contributed by atoms with E-state index in [0.29, 0.717) is 24.3 Å². The maximum Gasteiger partial charge on any atom is 0.291 e.